The fraction of sp³-hybridized carbons (Fsp3) is 0.400. The van der Waals surface area contributed by atoms with Crippen LogP contribution in [0.4, 0.5) is 0 Å². The van der Waals surface area contributed by atoms with Crippen molar-refractivity contribution in [3.05, 3.63) is 46.2 Å². The first-order valence-electron chi connectivity index (χ1n) is 6.75. The van der Waals surface area contributed by atoms with Gasteiger partial charge in [0.05, 0.1) is 29.0 Å². The molecule has 2 aromatic rings. The van der Waals surface area contributed by atoms with Crippen molar-refractivity contribution in [3.8, 4) is 5.75 Å². The number of halogens is 1. The van der Waals surface area contributed by atoms with Crippen molar-refractivity contribution in [1.29, 1.82) is 0 Å². The van der Waals surface area contributed by atoms with Crippen LogP contribution in [0.5, 0.6) is 5.75 Å². The Bertz CT molecular complexity index is 563. The van der Waals surface area contributed by atoms with E-state index in [0.717, 1.165) is 21.5 Å². The molecular weight excluding hydrogens is 318 g/mol. The van der Waals surface area contributed by atoms with Crippen molar-refractivity contribution in [1.82, 2.24) is 9.78 Å². The summed E-state index contributed by atoms with van der Waals surface area (Å²) in [5.41, 5.74) is 8.42. The molecule has 1 atom stereocenters. The molecule has 0 saturated heterocycles. The maximum absolute atomic E-state index is 6.39. The molecule has 0 saturated carbocycles. The summed E-state index contributed by atoms with van der Waals surface area (Å²) in [5, 5.41) is 4.37. The Labute approximate surface area is 128 Å². The lowest BCUT2D eigenvalue weighted by atomic mass is 10.0. The summed E-state index contributed by atoms with van der Waals surface area (Å²) >= 11 is 3.53. The van der Waals surface area contributed by atoms with Crippen LogP contribution in [-0.4, -0.2) is 16.4 Å². The molecule has 0 bridgehead atoms. The second kappa shape index (κ2) is 6.41. The number of nitrogens with two attached hydrogens (primary N) is 1. The van der Waals surface area contributed by atoms with Gasteiger partial charge in [-0.25, -0.2) is 0 Å². The molecule has 0 radical (unpaired) electrons. The van der Waals surface area contributed by atoms with Crippen molar-refractivity contribution in [2.75, 3.05) is 6.61 Å². The van der Waals surface area contributed by atoms with E-state index in [9.17, 15) is 0 Å². The van der Waals surface area contributed by atoms with Crippen molar-refractivity contribution < 1.29 is 4.74 Å². The van der Waals surface area contributed by atoms with E-state index in [1.165, 1.54) is 0 Å². The Kier molecular flexibility index (Phi) is 4.83. The zero-order chi connectivity index (χ0) is 14.7. The molecule has 0 spiro atoms. The standard InChI is InChI=1S/C15H20BrN3O/c1-4-20-12-7-5-11(6-8-12)14(17)15-13(16)9-18-19(15)10(2)3/h5-10,14H,4,17H2,1-3H3. The molecule has 108 valence electrons. The van der Waals surface area contributed by atoms with Gasteiger partial charge in [0.15, 0.2) is 0 Å². The lowest BCUT2D eigenvalue weighted by Gasteiger charge is -2.18. The third kappa shape index (κ3) is 3.04. The Hall–Kier alpha value is -1.33. The third-order valence-electron chi connectivity index (χ3n) is 3.12. The van der Waals surface area contributed by atoms with Crippen molar-refractivity contribution in [2.24, 2.45) is 5.73 Å². The van der Waals surface area contributed by atoms with Crippen LogP contribution in [0, 0.1) is 0 Å². The fourth-order valence-electron chi connectivity index (χ4n) is 2.15. The number of ether oxygens (including phenoxy) is 1. The van der Waals surface area contributed by atoms with Gasteiger partial charge in [0.1, 0.15) is 5.75 Å². The smallest absolute Gasteiger partial charge is 0.119 e. The highest BCUT2D eigenvalue weighted by molar-refractivity contribution is 9.10. The van der Waals surface area contributed by atoms with Crippen LogP contribution >= 0.6 is 15.9 Å². The summed E-state index contributed by atoms with van der Waals surface area (Å²) in [6, 6.07) is 7.94. The Morgan fingerprint density at radius 1 is 1.30 bits per heavy atom. The predicted molar refractivity (Wildman–Crippen MR) is 84.0 cm³/mol. The van der Waals surface area contributed by atoms with Crippen LogP contribution in [0.15, 0.2) is 34.9 Å². The molecule has 1 unspecified atom stereocenters. The minimum absolute atomic E-state index is 0.218. The normalized spacial score (nSPS) is 12.7. The van der Waals surface area contributed by atoms with E-state index in [-0.39, 0.29) is 12.1 Å². The van der Waals surface area contributed by atoms with Crippen LogP contribution < -0.4 is 10.5 Å². The van der Waals surface area contributed by atoms with E-state index < -0.39 is 0 Å². The topological polar surface area (TPSA) is 53.1 Å². The average molecular weight is 338 g/mol. The van der Waals surface area contributed by atoms with Gasteiger partial charge in [-0.15, -0.1) is 0 Å². The average Bonchev–Trinajstić information content (AvgIpc) is 2.81. The summed E-state index contributed by atoms with van der Waals surface area (Å²) in [7, 11) is 0. The van der Waals surface area contributed by atoms with Crippen molar-refractivity contribution in [2.45, 2.75) is 32.9 Å². The fourth-order valence-corrected chi connectivity index (χ4v) is 2.67. The first kappa shape index (κ1) is 15.1. The summed E-state index contributed by atoms with van der Waals surface area (Å²) in [4.78, 5) is 0. The number of hydrogen-bond acceptors (Lipinski definition) is 3. The maximum atomic E-state index is 6.39. The lowest BCUT2D eigenvalue weighted by molar-refractivity contribution is 0.340. The van der Waals surface area contributed by atoms with Gasteiger partial charge in [0, 0.05) is 6.04 Å². The first-order valence-corrected chi connectivity index (χ1v) is 7.55. The molecule has 1 heterocycles. The number of benzene rings is 1. The van der Waals surface area contributed by atoms with Crippen molar-refractivity contribution >= 4 is 15.9 Å². The summed E-state index contributed by atoms with van der Waals surface area (Å²) in [6.07, 6.45) is 1.80. The number of nitrogens with zero attached hydrogens (tertiary/aromatic N) is 2. The second-order valence-corrected chi connectivity index (χ2v) is 5.75. The maximum Gasteiger partial charge on any atom is 0.119 e. The van der Waals surface area contributed by atoms with Crippen LogP contribution in [0.2, 0.25) is 0 Å². The summed E-state index contributed by atoms with van der Waals surface area (Å²) in [5.74, 6) is 0.861. The Morgan fingerprint density at radius 2 is 1.95 bits per heavy atom. The molecule has 5 heteroatoms. The quantitative estimate of drug-likeness (QED) is 0.905. The van der Waals surface area contributed by atoms with E-state index in [1.807, 2.05) is 35.9 Å². The highest BCUT2D eigenvalue weighted by atomic mass is 79.9. The van der Waals surface area contributed by atoms with Gasteiger partial charge in [-0.3, -0.25) is 4.68 Å². The second-order valence-electron chi connectivity index (χ2n) is 4.90. The van der Waals surface area contributed by atoms with Gasteiger partial charge in [0.25, 0.3) is 0 Å². The number of hydrogen-bond donors (Lipinski definition) is 1. The van der Waals surface area contributed by atoms with E-state index in [1.54, 1.807) is 6.20 Å². The number of aromatic nitrogens is 2. The minimum atomic E-state index is -0.218. The van der Waals surface area contributed by atoms with Crippen LogP contribution in [-0.2, 0) is 0 Å². The molecule has 0 amide bonds. The SMILES string of the molecule is CCOc1ccc(C(N)c2c(Br)cnn2C(C)C)cc1. The zero-order valence-corrected chi connectivity index (χ0v) is 13.6. The Balaban J connectivity index is 2.31. The Morgan fingerprint density at radius 3 is 2.50 bits per heavy atom. The van der Waals surface area contributed by atoms with Gasteiger partial charge in [-0.05, 0) is 54.4 Å². The molecule has 4 nitrogen and oxygen atoms in total. The van der Waals surface area contributed by atoms with E-state index in [0.29, 0.717) is 6.61 Å². The lowest BCUT2D eigenvalue weighted by Crippen LogP contribution is -2.19. The van der Waals surface area contributed by atoms with Gasteiger partial charge in [0.2, 0.25) is 0 Å². The summed E-state index contributed by atoms with van der Waals surface area (Å²) in [6.45, 7) is 6.82. The highest BCUT2D eigenvalue weighted by Crippen LogP contribution is 2.29. The van der Waals surface area contributed by atoms with Gasteiger partial charge in [-0.1, -0.05) is 12.1 Å². The third-order valence-corrected chi connectivity index (χ3v) is 3.73. The monoisotopic (exact) mass is 337 g/mol. The van der Waals surface area contributed by atoms with Gasteiger partial charge < -0.3 is 10.5 Å². The summed E-state index contributed by atoms with van der Waals surface area (Å²) < 4.78 is 8.34. The predicted octanol–water partition coefficient (Wildman–Crippen LogP) is 3.67. The highest BCUT2D eigenvalue weighted by Gasteiger charge is 2.19. The molecule has 0 aliphatic carbocycles. The molecule has 0 fully saturated rings. The molecule has 0 aliphatic rings. The molecule has 0 aliphatic heterocycles. The van der Waals surface area contributed by atoms with Gasteiger partial charge in [-0.2, -0.15) is 5.10 Å². The van der Waals surface area contributed by atoms with Gasteiger partial charge >= 0.3 is 0 Å². The molecule has 20 heavy (non-hydrogen) atoms. The number of rotatable bonds is 5. The van der Waals surface area contributed by atoms with Crippen LogP contribution in [0.3, 0.4) is 0 Å². The van der Waals surface area contributed by atoms with E-state index >= 15 is 0 Å². The minimum Gasteiger partial charge on any atom is -0.494 e. The molecule has 2 rings (SSSR count). The largest absolute Gasteiger partial charge is 0.494 e. The van der Waals surface area contributed by atoms with Crippen LogP contribution in [0.25, 0.3) is 0 Å². The molecule has 1 aromatic carbocycles. The van der Waals surface area contributed by atoms with E-state index in [4.69, 9.17) is 10.5 Å². The zero-order valence-electron chi connectivity index (χ0n) is 12.0. The molecule has 2 N–H and O–H groups in total. The molecular formula is C15H20BrN3O. The van der Waals surface area contributed by atoms with E-state index in [2.05, 4.69) is 34.9 Å². The van der Waals surface area contributed by atoms with Crippen molar-refractivity contribution in [3.63, 3.8) is 0 Å². The van der Waals surface area contributed by atoms with Crippen LogP contribution in [0.1, 0.15) is 44.1 Å². The molecule has 1 aromatic heterocycles. The first-order chi connectivity index (χ1) is 9.54.